The summed E-state index contributed by atoms with van der Waals surface area (Å²) in [5.41, 5.74) is 4.02. The number of rotatable bonds is 15. The van der Waals surface area contributed by atoms with Crippen molar-refractivity contribution in [2.24, 2.45) is 0 Å². The zero-order valence-corrected chi connectivity index (χ0v) is 28.3. The summed E-state index contributed by atoms with van der Waals surface area (Å²) in [6.45, 7) is 6.64. The first-order valence-electron chi connectivity index (χ1n) is 15.8. The van der Waals surface area contributed by atoms with Crippen LogP contribution in [0.3, 0.4) is 0 Å². The van der Waals surface area contributed by atoms with E-state index in [1.54, 1.807) is 34.0 Å². The van der Waals surface area contributed by atoms with Crippen LogP contribution >= 0.6 is 34.0 Å². The van der Waals surface area contributed by atoms with E-state index in [1.807, 2.05) is 0 Å². The highest BCUT2D eigenvalue weighted by Gasteiger charge is 2.11. The lowest BCUT2D eigenvalue weighted by molar-refractivity contribution is 0.666. The van der Waals surface area contributed by atoms with Gasteiger partial charge in [-0.2, -0.15) is 21.0 Å². The van der Waals surface area contributed by atoms with Crippen molar-refractivity contribution in [1.82, 2.24) is 0 Å². The van der Waals surface area contributed by atoms with Crippen molar-refractivity contribution in [2.45, 2.75) is 117 Å². The van der Waals surface area contributed by atoms with Crippen LogP contribution in [-0.2, 0) is 19.3 Å². The van der Waals surface area contributed by atoms with Gasteiger partial charge in [-0.05, 0) is 73.4 Å². The number of hydrogen-bond donors (Lipinski definition) is 0. The molecule has 0 spiro atoms. The van der Waals surface area contributed by atoms with Gasteiger partial charge in [-0.1, -0.05) is 78.6 Å². The summed E-state index contributed by atoms with van der Waals surface area (Å²) in [7, 11) is 0. The Morgan fingerprint density at radius 2 is 0.953 bits per heavy atom. The third-order valence-electron chi connectivity index (χ3n) is 7.69. The molecule has 0 N–H and O–H groups in total. The number of hydrogen-bond acceptors (Lipinski definition) is 7. The minimum atomic E-state index is 0.175. The first-order chi connectivity index (χ1) is 21.0. The molecule has 0 bridgehead atoms. The molecule has 0 saturated heterocycles. The molecule has 224 valence electrons. The fourth-order valence-corrected chi connectivity index (χ4v) is 9.10. The second kappa shape index (κ2) is 18.5. The van der Waals surface area contributed by atoms with Gasteiger partial charge in [0.1, 0.15) is 35.4 Å². The molecule has 0 unspecified atom stereocenters. The molecule has 4 nitrogen and oxygen atoms in total. The van der Waals surface area contributed by atoms with Gasteiger partial charge in [0.05, 0.1) is 9.06 Å². The molecule has 0 atom stereocenters. The number of nitrogens with zero attached hydrogens (tertiary/aromatic N) is 4. The Kier molecular flexibility index (Phi) is 14.7. The zero-order valence-electron chi connectivity index (χ0n) is 25.9. The van der Waals surface area contributed by atoms with Crippen molar-refractivity contribution in [3.63, 3.8) is 0 Å². The first-order valence-corrected chi connectivity index (χ1v) is 18.2. The van der Waals surface area contributed by atoms with E-state index in [0.29, 0.717) is 0 Å². The molecule has 3 aromatic rings. The fourth-order valence-electron chi connectivity index (χ4n) is 5.31. The Labute approximate surface area is 268 Å². The van der Waals surface area contributed by atoms with Gasteiger partial charge in [-0.15, -0.1) is 34.0 Å². The zero-order chi connectivity index (χ0) is 31.0. The van der Waals surface area contributed by atoms with Gasteiger partial charge in [0.25, 0.3) is 0 Å². The summed E-state index contributed by atoms with van der Waals surface area (Å²) in [5.74, 6) is 0. The van der Waals surface area contributed by atoms with Crippen LogP contribution in [0.25, 0.3) is 11.1 Å². The molecule has 0 aromatic carbocycles. The molecule has 0 amide bonds. The summed E-state index contributed by atoms with van der Waals surface area (Å²) in [6.07, 6.45) is 16.7. The quantitative estimate of drug-likeness (QED) is 0.157. The van der Waals surface area contributed by atoms with Crippen molar-refractivity contribution in [2.75, 3.05) is 0 Å². The average Bonchev–Trinajstić information content (AvgIpc) is 3.74. The van der Waals surface area contributed by atoms with Crippen LogP contribution < -0.4 is 9.06 Å². The van der Waals surface area contributed by atoms with E-state index in [-0.39, 0.29) is 11.1 Å². The highest BCUT2D eigenvalue weighted by Crippen LogP contribution is 2.24. The maximum atomic E-state index is 9.74. The summed E-state index contributed by atoms with van der Waals surface area (Å²) in [6, 6.07) is 15.1. The van der Waals surface area contributed by atoms with Gasteiger partial charge in [-0.25, -0.2) is 0 Å². The molecule has 3 aromatic heterocycles. The highest BCUT2D eigenvalue weighted by molar-refractivity contribution is 7.13. The molecular weight excluding hydrogens is 585 g/mol. The molecule has 0 saturated carbocycles. The summed E-state index contributed by atoms with van der Waals surface area (Å²) in [5, 5.41) is 38.7. The van der Waals surface area contributed by atoms with Gasteiger partial charge in [0, 0.05) is 18.1 Å². The average molecular weight is 627 g/mol. The number of unbranched alkanes of at least 4 members (excludes halogenated alkanes) is 9. The Hall–Kier alpha value is -3.20. The van der Waals surface area contributed by atoms with Crippen molar-refractivity contribution in [3.05, 3.63) is 62.1 Å². The fraction of sp³-hybridized carbons (Fsp3) is 0.500. The monoisotopic (exact) mass is 626 g/mol. The number of aryl methyl sites for hydroxylation is 3. The van der Waals surface area contributed by atoms with Gasteiger partial charge >= 0.3 is 0 Å². The van der Waals surface area contributed by atoms with Crippen molar-refractivity contribution >= 4 is 45.2 Å². The lowest BCUT2D eigenvalue weighted by Gasteiger charge is -1.98. The van der Waals surface area contributed by atoms with E-state index in [0.717, 1.165) is 64.1 Å². The molecule has 0 aliphatic heterocycles. The lowest BCUT2D eigenvalue weighted by atomic mass is 10.1. The topological polar surface area (TPSA) is 95.2 Å². The van der Waals surface area contributed by atoms with Crippen LogP contribution in [0.5, 0.6) is 0 Å². The number of thiophene rings is 3. The SMILES string of the molecule is CCCCCCc1c/c(=c2\s/c(=c3\sc(=C(C#N)C#N)cc3CCCCCC)cc2CCCCCC)sc1=C(C#N)C#N. The third-order valence-corrected chi connectivity index (χ3v) is 11.6. The van der Waals surface area contributed by atoms with E-state index in [1.165, 1.54) is 76.1 Å². The molecular formula is C36H42N4S3. The lowest BCUT2D eigenvalue weighted by Crippen LogP contribution is -2.05. The van der Waals surface area contributed by atoms with Gasteiger partial charge in [-0.3, -0.25) is 0 Å². The van der Waals surface area contributed by atoms with E-state index in [2.05, 4.69) is 63.2 Å². The summed E-state index contributed by atoms with van der Waals surface area (Å²) < 4.78 is 6.28. The Balaban J connectivity index is 2.37. The Morgan fingerprint density at radius 3 is 1.47 bits per heavy atom. The number of nitriles is 4. The molecule has 0 aliphatic rings. The third kappa shape index (κ3) is 9.39. The molecule has 3 heterocycles. The van der Waals surface area contributed by atoms with E-state index in [4.69, 9.17) is 0 Å². The predicted octanol–water partition coefficient (Wildman–Crippen LogP) is 9.21. The van der Waals surface area contributed by atoms with Crippen LogP contribution in [0.15, 0.2) is 18.2 Å². The van der Waals surface area contributed by atoms with E-state index in [9.17, 15) is 21.0 Å². The maximum Gasteiger partial charge on any atom is 0.147 e. The molecule has 3 rings (SSSR count). The minimum absolute atomic E-state index is 0.175. The Bertz CT molecular complexity index is 1810. The normalized spacial score (nSPS) is 12.3. The van der Waals surface area contributed by atoms with Gasteiger partial charge in [0.15, 0.2) is 0 Å². The standard InChI is InChI=1S/C36H42N4S3/c1-4-7-10-13-16-26-20-32(42-34(26)30(24-39)25-40)36-28(18-15-12-9-6-3)21-33(43-36)35-27(17-14-11-8-5-2)19-31(41-35)29(22-37)23-38/h19-21H,4-18H2,1-3H3/b35-33-,36-32+. The van der Waals surface area contributed by atoms with Crippen LogP contribution in [-0.4, -0.2) is 0 Å². The minimum Gasteiger partial charge on any atom is -0.192 e. The smallest absolute Gasteiger partial charge is 0.147 e. The van der Waals surface area contributed by atoms with Gasteiger partial charge in [0.2, 0.25) is 0 Å². The predicted molar refractivity (Wildman–Crippen MR) is 180 cm³/mol. The van der Waals surface area contributed by atoms with Gasteiger partial charge < -0.3 is 0 Å². The maximum absolute atomic E-state index is 9.74. The molecule has 0 aliphatic carbocycles. The second-order valence-electron chi connectivity index (χ2n) is 11.0. The Morgan fingerprint density at radius 1 is 0.512 bits per heavy atom. The van der Waals surface area contributed by atoms with Crippen molar-refractivity contribution < 1.29 is 0 Å². The summed E-state index contributed by atoms with van der Waals surface area (Å²) >= 11 is 4.92. The molecule has 0 fully saturated rings. The highest BCUT2D eigenvalue weighted by atomic mass is 32.1. The largest absolute Gasteiger partial charge is 0.192 e. The summed E-state index contributed by atoms with van der Waals surface area (Å²) in [4.78, 5) is 0. The van der Waals surface area contributed by atoms with Crippen LogP contribution in [0.2, 0.25) is 0 Å². The van der Waals surface area contributed by atoms with Crippen LogP contribution in [0.1, 0.15) is 115 Å². The molecule has 43 heavy (non-hydrogen) atoms. The first kappa shape index (κ1) is 34.3. The van der Waals surface area contributed by atoms with Crippen LogP contribution in [0.4, 0.5) is 0 Å². The molecule has 0 radical (unpaired) electrons. The van der Waals surface area contributed by atoms with Crippen LogP contribution in [0, 0.1) is 63.5 Å². The van der Waals surface area contributed by atoms with E-state index >= 15 is 0 Å². The van der Waals surface area contributed by atoms with E-state index < -0.39 is 0 Å². The van der Waals surface area contributed by atoms with Crippen molar-refractivity contribution in [3.8, 4) is 24.3 Å². The molecule has 7 heteroatoms. The second-order valence-corrected chi connectivity index (χ2v) is 14.2. The van der Waals surface area contributed by atoms with Crippen molar-refractivity contribution in [1.29, 1.82) is 21.0 Å².